The highest BCUT2D eigenvalue weighted by atomic mass is 19.1. The molecule has 1 unspecified atom stereocenters. The van der Waals surface area contributed by atoms with Gasteiger partial charge < -0.3 is 14.4 Å². The van der Waals surface area contributed by atoms with E-state index in [-0.39, 0.29) is 17.0 Å². The molecular weight excluding hydrogens is 403 g/mol. The predicted molar refractivity (Wildman–Crippen MR) is 110 cm³/mol. The van der Waals surface area contributed by atoms with Crippen LogP contribution in [0.5, 0.6) is 5.75 Å². The minimum absolute atomic E-state index is 0.0508. The molecular formula is C23H19FN2O5. The topological polar surface area (TPSA) is 92.9 Å². The van der Waals surface area contributed by atoms with E-state index in [0.29, 0.717) is 23.7 Å². The fraction of sp³-hybridized carbons (Fsp3) is 0.174. The number of Topliss-reactive ketones (excluding diaryl/α,β-unsaturated/α-hetero) is 1. The monoisotopic (exact) mass is 422 g/mol. The molecule has 1 fully saturated rings. The van der Waals surface area contributed by atoms with Crippen molar-refractivity contribution >= 4 is 23.3 Å². The highest BCUT2D eigenvalue weighted by Gasteiger charge is 2.48. The molecule has 7 nitrogen and oxygen atoms in total. The first kappa shape index (κ1) is 20.3. The predicted octanol–water partition coefficient (Wildman–Crippen LogP) is 4.15. The van der Waals surface area contributed by atoms with Gasteiger partial charge in [-0.05, 0) is 44.2 Å². The van der Waals surface area contributed by atoms with Gasteiger partial charge in [0.1, 0.15) is 23.1 Å². The van der Waals surface area contributed by atoms with Gasteiger partial charge in [0.05, 0.1) is 18.2 Å². The lowest BCUT2D eigenvalue weighted by Gasteiger charge is -2.23. The van der Waals surface area contributed by atoms with E-state index in [1.54, 1.807) is 37.3 Å². The highest BCUT2D eigenvalue weighted by molar-refractivity contribution is 6.51. The fourth-order valence-electron chi connectivity index (χ4n) is 3.56. The summed E-state index contributed by atoms with van der Waals surface area (Å²) in [4.78, 5) is 26.9. The summed E-state index contributed by atoms with van der Waals surface area (Å²) in [6.07, 6.45) is 0. The third kappa shape index (κ3) is 3.56. The lowest BCUT2D eigenvalue weighted by molar-refractivity contribution is -0.132. The van der Waals surface area contributed by atoms with Gasteiger partial charge in [0.25, 0.3) is 5.78 Å². The van der Waals surface area contributed by atoms with Crippen LogP contribution >= 0.6 is 0 Å². The molecule has 4 rings (SSSR count). The molecule has 158 valence electrons. The smallest absolute Gasteiger partial charge is 0.301 e. The number of carbonyl (C=O) groups excluding carboxylic acids is 2. The third-order valence-corrected chi connectivity index (χ3v) is 4.95. The second-order valence-corrected chi connectivity index (χ2v) is 6.94. The Labute approximate surface area is 177 Å². The number of aliphatic hydroxyl groups excluding tert-OH is 1. The van der Waals surface area contributed by atoms with E-state index in [2.05, 4.69) is 5.16 Å². The molecule has 1 saturated heterocycles. The number of benzene rings is 2. The van der Waals surface area contributed by atoms with E-state index in [1.807, 2.05) is 6.92 Å². The van der Waals surface area contributed by atoms with Crippen molar-refractivity contribution < 1.29 is 28.3 Å². The number of ether oxygens (including phenoxy) is 1. The average molecular weight is 422 g/mol. The second-order valence-electron chi connectivity index (χ2n) is 6.94. The van der Waals surface area contributed by atoms with Gasteiger partial charge in [-0.1, -0.05) is 23.4 Å². The molecule has 1 amide bonds. The summed E-state index contributed by atoms with van der Waals surface area (Å²) in [5.74, 6) is -1.87. The number of amides is 1. The van der Waals surface area contributed by atoms with Gasteiger partial charge in [0, 0.05) is 17.2 Å². The van der Waals surface area contributed by atoms with E-state index in [0.717, 1.165) is 4.90 Å². The molecule has 1 aromatic heterocycles. The molecule has 3 aromatic rings. The molecule has 1 aliphatic rings. The van der Waals surface area contributed by atoms with Crippen molar-refractivity contribution in [1.29, 1.82) is 0 Å². The van der Waals surface area contributed by atoms with Gasteiger partial charge in [0.15, 0.2) is 5.82 Å². The second kappa shape index (κ2) is 8.06. The van der Waals surface area contributed by atoms with Crippen molar-refractivity contribution in [2.24, 2.45) is 0 Å². The van der Waals surface area contributed by atoms with Crippen LogP contribution in [0, 0.1) is 12.7 Å². The van der Waals surface area contributed by atoms with Crippen LogP contribution in [0.4, 0.5) is 10.2 Å². The molecule has 2 aromatic carbocycles. The number of rotatable bonds is 5. The van der Waals surface area contributed by atoms with E-state index in [1.165, 1.54) is 24.3 Å². The van der Waals surface area contributed by atoms with Crippen molar-refractivity contribution in [3.63, 3.8) is 0 Å². The van der Waals surface area contributed by atoms with Crippen molar-refractivity contribution in [2.45, 2.75) is 19.9 Å². The molecule has 0 bridgehead atoms. The number of aromatic nitrogens is 1. The summed E-state index contributed by atoms with van der Waals surface area (Å²) in [5, 5.41) is 14.8. The van der Waals surface area contributed by atoms with Crippen molar-refractivity contribution in [3.8, 4) is 5.75 Å². The molecule has 0 saturated carbocycles. The quantitative estimate of drug-likeness (QED) is 0.377. The first-order valence-corrected chi connectivity index (χ1v) is 9.64. The largest absolute Gasteiger partial charge is 0.507 e. The maximum atomic E-state index is 14.8. The number of anilines is 1. The lowest BCUT2D eigenvalue weighted by Crippen LogP contribution is -2.30. The van der Waals surface area contributed by atoms with Crippen molar-refractivity contribution in [1.82, 2.24) is 5.16 Å². The maximum Gasteiger partial charge on any atom is 0.301 e. The van der Waals surface area contributed by atoms with Crippen molar-refractivity contribution in [2.75, 3.05) is 11.5 Å². The Morgan fingerprint density at radius 3 is 2.52 bits per heavy atom. The Kier molecular flexibility index (Phi) is 5.29. The van der Waals surface area contributed by atoms with Crippen LogP contribution in [0.3, 0.4) is 0 Å². The summed E-state index contributed by atoms with van der Waals surface area (Å²) in [7, 11) is 0. The average Bonchev–Trinajstić information content (AvgIpc) is 3.29. The van der Waals surface area contributed by atoms with Crippen LogP contribution in [0.2, 0.25) is 0 Å². The number of ketones is 1. The van der Waals surface area contributed by atoms with Crippen LogP contribution in [-0.4, -0.2) is 28.6 Å². The number of hydrogen-bond donors (Lipinski definition) is 1. The first-order chi connectivity index (χ1) is 14.9. The Morgan fingerprint density at radius 2 is 1.90 bits per heavy atom. The maximum absolute atomic E-state index is 14.8. The van der Waals surface area contributed by atoms with Crippen LogP contribution in [0.25, 0.3) is 5.76 Å². The van der Waals surface area contributed by atoms with Gasteiger partial charge in [-0.2, -0.15) is 0 Å². The van der Waals surface area contributed by atoms with E-state index >= 15 is 0 Å². The summed E-state index contributed by atoms with van der Waals surface area (Å²) < 4.78 is 25.2. The molecule has 0 radical (unpaired) electrons. The molecule has 1 aliphatic heterocycles. The minimum Gasteiger partial charge on any atom is -0.507 e. The normalized spacial score (nSPS) is 17.9. The molecule has 0 aliphatic carbocycles. The van der Waals surface area contributed by atoms with Crippen LogP contribution in [0.15, 0.2) is 64.7 Å². The Bertz CT molecular complexity index is 1180. The summed E-state index contributed by atoms with van der Waals surface area (Å²) in [6, 6.07) is 12.4. The number of aryl methyl sites for hydroxylation is 1. The van der Waals surface area contributed by atoms with Crippen LogP contribution in [0.1, 0.15) is 29.9 Å². The molecule has 1 atom stereocenters. The number of halogens is 1. The van der Waals surface area contributed by atoms with Crippen LogP contribution < -0.4 is 9.64 Å². The standard InChI is InChI=1S/C23H19FN2O5/c1-3-30-15-10-8-14(9-11-15)21(27)19-20(16-6-4-5-7-17(16)24)26(23(29)22(19)28)18-12-13(2)31-25-18/h4-12,20,27H,3H2,1-2H3/b21-19-. The summed E-state index contributed by atoms with van der Waals surface area (Å²) in [5.41, 5.74) is 0.105. The number of hydrogen-bond acceptors (Lipinski definition) is 6. The van der Waals surface area contributed by atoms with E-state index in [9.17, 15) is 19.1 Å². The van der Waals surface area contributed by atoms with Gasteiger partial charge in [-0.15, -0.1) is 0 Å². The number of nitrogens with zero attached hydrogens (tertiary/aromatic N) is 2. The zero-order valence-electron chi connectivity index (χ0n) is 16.8. The van der Waals surface area contributed by atoms with E-state index in [4.69, 9.17) is 9.26 Å². The Hall–Kier alpha value is -3.94. The van der Waals surface area contributed by atoms with Gasteiger partial charge in [-0.25, -0.2) is 4.39 Å². The SMILES string of the molecule is CCOc1ccc(/C(O)=C2/C(=O)C(=O)N(c3cc(C)on3)C2c2ccccc2F)cc1. The number of carbonyl (C=O) groups is 2. The molecule has 1 N–H and O–H groups in total. The fourth-order valence-corrected chi connectivity index (χ4v) is 3.56. The Morgan fingerprint density at radius 1 is 1.19 bits per heavy atom. The van der Waals surface area contributed by atoms with E-state index < -0.39 is 29.3 Å². The van der Waals surface area contributed by atoms with Crippen molar-refractivity contribution in [3.05, 3.63) is 82.9 Å². The van der Waals surface area contributed by atoms with Crippen LogP contribution in [-0.2, 0) is 9.59 Å². The molecule has 31 heavy (non-hydrogen) atoms. The summed E-state index contributed by atoms with van der Waals surface area (Å²) in [6.45, 7) is 3.95. The summed E-state index contributed by atoms with van der Waals surface area (Å²) >= 11 is 0. The Balaban J connectivity index is 1.90. The van der Waals surface area contributed by atoms with Gasteiger partial charge in [0.2, 0.25) is 0 Å². The molecule has 0 spiro atoms. The zero-order valence-corrected chi connectivity index (χ0v) is 16.8. The molecule has 2 heterocycles. The zero-order chi connectivity index (χ0) is 22.1. The molecule has 8 heteroatoms. The third-order valence-electron chi connectivity index (χ3n) is 4.95. The highest BCUT2D eigenvalue weighted by Crippen LogP contribution is 2.42. The lowest BCUT2D eigenvalue weighted by atomic mass is 9.95. The van der Waals surface area contributed by atoms with Gasteiger partial charge in [-0.3, -0.25) is 14.5 Å². The van der Waals surface area contributed by atoms with Gasteiger partial charge >= 0.3 is 5.91 Å². The first-order valence-electron chi connectivity index (χ1n) is 9.64. The number of aliphatic hydroxyl groups is 1. The minimum atomic E-state index is -1.21.